The van der Waals surface area contributed by atoms with Crippen molar-refractivity contribution >= 4 is 0 Å². The second-order valence-electron chi connectivity index (χ2n) is 7.97. The zero-order valence-electron chi connectivity index (χ0n) is 13.0. The normalized spacial score (nSPS) is 45.9. The largest absolute Gasteiger partial charge is 0.390 e. The molecular weight excluding hydrogens is 232 g/mol. The lowest BCUT2D eigenvalue weighted by atomic mass is 9.47. The molecule has 0 aromatic carbocycles. The topological polar surface area (TPSA) is 20.2 Å². The second kappa shape index (κ2) is 5.06. The first-order valence-electron chi connectivity index (χ1n) is 8.81. The molecule has 3 aliphatic carbocycles. The molecule has 5 atom stereocenters. The first kappa shape index (κ1) is 13.9. The summed E-state index contributed by atoms with van der Waals surface area (Å²) < 4.78 is 0. The van der Waals surface area contributed by atoms with Gasteiger partial charge in [-0.3, -0.25) is 0 Å². The van der Waals surface area contributed by atoms with Crippen molar-refractivity contribution in [3.8, 4) is 0 Å². The average Bonchev–Trinajstić information content (AvgIpc) is 2.44. The summed E-state index contributed by atoms with van der Waals surface area (Å²) in [5, 5.41) is 11.1. The summed E-state index contributed by atoms with van der Waals surface area (Å²) in [4.78, 5) is 0. The first-order chi connectivity index (χ1) is 9.09. The van der Waals surface area contributed by atoms with Crippen LogP contribution in [0.5, 0.6) is 0 Å². The highest BCUT2D eigenvalue weighted by Gasteiger charge is 2.56. The SMILES string of the molecule is CCC(C)(O)C12CCCCC1CC1CCCCC1C2. The predicted octanol–water partition coefficient (Wildman–Crippen LogP) is 4.92. The van der Waals surface area contributed by atoms with E-state index in [1.165, 1.54) is 64.2 Å². The number of hydrogen-bond acceptors (Lipinski definition) is 1. The Balaban J connectivity index is 1.89. The molecule has 0 radical (unpaired) electrons. The lowest BCUT2D eigenvalue weighted by Gasteiger charge is -2.59. The highest BCUT2D eigenvalue weighted by Crippen LogP contribution is 2.61. The maximum atomic E-state index is 11.1. The average molecular weight is 264 g/mol. The molecule has 0 amide bonds. The molecule has 3 fully saturated rings. The van der Waals surface area contributed by atoms with Gasteiger partial charge in [0.2, 0.25) is 0 Å². The van der Waals surface area contributed by atoms with E-state index >= 15 is 0 Å². The molecule has 5 unspecified atom stereocenters. The smallest absolute Gasteiger partial charge is 0.0675 e. The van der Waals surface area contributed by atoms with Crippen LogP contribution in [-0.4, -0.2) is 10.7 Å². The van der Waals surface area contributed by atoms with Crippen LogP contribution in [0, 0.1) is 23.2 Å². The third-order valence-corrected chi connectivity index (χ3v) is 7.25. The highest BCUT2D eigenvalue weighted by molar-refractivity contribution is 5.06. The van der Waals surface area contributed by atoms with E-state index in [9.17, 15) is 5.11 Å². The Bertz CT molecular complexity index is 322. The van der Waals surface area contributed by atoms with E-state index in [-0.39, 0.29) is 5.41 Å². The van der Waals surface area contributed by atoms with Gasteiger partial charge in [0, 0.05) is 5.41 Å². The van der Waals surface area contributed by atoms with Crippen LogP contribution in [0.1, 0.15) is 84.5 Å². The van der Waals surface area contributed by atoms with Gasteiger partial charge < -0.3 is 5.11 Å². The van der Waals surface area contributed by atoms with Crippen molar-refractivity contribution in [2.24, 2.45) is 23.2 Å². The number of rotatable bonds is 2. The Kier molecular flexibility index (Phi) is 3.71. The van der Waals surface area contributed by atoms with Crippen LogP contribution >= 0.6 is 0 Å². The van der Waals surface area contributed by atoms with E-state index in [1.807, 2.05) is 0 Å². The molecule has 3 aliphatic rings. The standard InChI is InChI=1S/C18H32O/c1-3-17(2,19)18-11-7-6-10-16(18)12-14-8-4-5-9-15(14)13-18/h14-16,19H,3-13H2,1-2H3. The van der Waals surface area contributed by atoms with Crippen LogP contribution in [-0.2, 0) is 0 Å². The Morgan fingerprint density at radius 2 is 1.74 bits per heavy atom. The van der Waals surface area contributed by atoms with Crippen molar-refractivity contribution in [3.05, 3.63) is 0 Å². The van der Waals surface area contributed by atoms with Crippen LogP contribution in [0.15, 0.2) is 0 Å². The monoisotopic (exact) mass is 264 g/mol. The van der Waals surface area contributed by atoms with E-state index in [1.54, 1.807) is 0 Å². The fraction of sp³-hybridized carbons (Fsp3) is 1.00. The third-order valence-electron chi connectivity index (χ3n) is 7.25. The fourth-order valence-electron chi connectivity index (χ4n) is 5.90. The van der Waals surface area contributed by atoms with E-state index in [4.69, 9.17) is 0 Å². The van der Waals surface area contributed by atoms with Crippen molar-refractivity contribution in [2.45, 2.75) is 90.1 Å². The Hall–Kier alpha value is -0.0400. The maximum absolute atomic E-state index is 11.1. The Labute approximate surface area is 119 Å². The molecule has 0 saturated heterocycles. The van der Waals surface area contributed by atoms with Gasteiger partial charge in [-0.1, -0.05) is 45.4 Å². The van der Waals surface area contributed by atoms with Crippen LogP contribution in [0.3, 0.4) is 0 Å². The summed E-state index contributed by atoms with van der Waals surface area (Å²) in [6.07, 6.45) is 15.0. The summed E-state index contributed by atoms with van der Waals surface area (Å²) in [7, 11) is 0. The lowest BCUT2D eigenvalue weighted by Crippen LogP contribution is -2.56. The first-order valence-corrected chi connectivity index (χ1v) is 8.81. The molecule has 3 saturated carbocycles. The van der Waals surface area contributed by atoms with Gasteiger partial charge in [0.25, 0.3) is 0 Å². The number of fused-ring (bicyclic) bond motifs is 2. The molecule has 0 aliphatic heterocycles. The van der Waals surface area contributed by atoms with Gasteiger partial charge in [0.15, 0.2) is 0 Å². The van der Waals surface area contributed by atoms with Crippen LogP contribution in [0.4, 0.5) is 0 Å². The van der Waals surface area contributed by atoms with E-state index in [0.29, 0.717) is 0 Å². The predicted molar refractivity (Wildman–Crippen MR) is 80.0 cm³/mol. The van der Waals surface area contributed by atoms with Crippen LogP contribution in [0.2, 0.25) is 0 Å². The van der Waals surface area contributed by atoms with E-state index < -0.39 is 5.60 Å². The number of hydrogen-bond donors (Lipinski definition) is 1. The third kappa shape index (κ3) is 2.17. The van der Waals surface area contributed by atoms with Gasteiger partial charge in [-0.05, 0) is 56.8 Å². The molecule has 1 nitrogen and oxygen atoms in total. The maximum Gasteiger partial charge on any atom is 0.0675 e. The minimum atomic E-state index is -0.430. The summed E-state index contributed by atoms with van der Waals surface area (Å²) in [6, 6.07) is 0. The summed E-state index contributed by atoms with van der Waals surface area (Å²) in [6.45, 7) is 4.34. The minimum Gasteiger partial charge on any atom is -0.390 e. The quantitative estimate of drug-likeness (QED) is 0.750. The zero-order chi connectivity index (χ0) is 13.5. The molecule has 3 rings (SSSR count). The Morgan fingerprint density at radius 3 is 2.47 bits per heavy atom. The molecule has 0 aromatic rings. The van der Waals surface area contributed by atoms with Gasteiger partial charge in [0.05, 0.1) is 5.60 Å². The molecule has 110 valence electrons. The van der Waals surface area contributed by atoms with Crippen LogP contribution < -0.4 is 0 Å². The van der Waals surface area contributed by atoms with E-state index in [0.717, 1.165) is 24.2 Å². The lowest BCUT2D eigenvalue weighted by molar-refractivity contribution is -0.166. The molecule has 0 bridgehead atoms. The molecular formula is C18H32O. The Morgan fingerprint density at radius 1 is 1.05 bits per heavy atom. The van der Waals surface area contributed by atoms with Gasteiger partial charge in [-0.15, -0.1) is 0 Å². The minimum absolute atomic E-state index is 0.262. The molecule has 19 heavy (non-hydrogen) atoms. The zero-order valence-corrected chi connectivity index (χ0v) is 13.0. The molecule has 0 spiro atoms. The highest BCUT2D eigenvalue weighted by atomic mass is 16.3. The van der Waals surface area contributed by atoms with Crippen LogP contribution in [0.25, 0.3) is 0 Å². The molecule has 1 N–H and O–H groups in total. The van der Waals surface area contributed by atoms with Crippen molar-refractivity contribution in [1.82, 2.24) is 0 Å². The number of aliphatic hydroxyl groups is 1. The van der Waals surface area contributed by atoms with Gasteiger partial charge in [0.1, 0.15) is 0 Å². The van der Waals surface area contributed by atoms with Crippen molar-refractivity contribution in [3.63, 3.8) is 0 Å². The summed E-state index contributed by atoms with van der Waals surface area (Å²) >= 11 is 0. The summed E-state index contributed by atoms with van der Waals surface area (Å²) in [5.74, 6) is 2.74. The van der Waals surface area contributed by atoms with Crippen molar-refractivity contribution in [1.29, 1.82) is 0 Å². The molecule has 1 heteroatoms. The fourth-order valence-corrected chi connectivity index (χ4v) is 5.90. The van der Waals surface area contributed by atoms with Gasteiger partial charge in [-0.25, -0.2) is 0 Å². The molecule has 0 heterocycles. The second-order valence-corrected chi connectivity index (χ2v) is 7.97. The summed E-state index contributed by atoms with van der Waals surface area (Å²) in [5.41, 5.74) is -0.168. The van der Waals surface area contributed by atoms with E-state index in [2.05, 4.69) is 13.8 Å². The van der Waals surface area contributed by atoms with Gasteiger partial charge in [-0.2, -0.15) is 0 Å². The molecule has 0 aromatic heterocycles. The van der Waals surface area contributed by atoms with Gasteiger partial charge >= 0.3 is 0 Å². The van der Waals surface area contributed by atoms with Crippen molar-refractivity contribution < 1.29 is 5.11 Å². The van der Waals surface area contributed by atoms with Crippen molar-refractivity contribution in [2.75, 3.05) is 0 Å².